The zero-order valence-corrected chi connectivity index (χ0v) is 17.4. The van der Waals surface area contributed by atoms with E-state index in [2.05, 4.69) is 9.88 Å². The molecule has 2 aliphatic carbocycles. The number of esters is 1. The third-order valence-corrected chi connectivity index (χ3v) is 6.00. The number of rotatable bonds is 13. The van der Waals surface area contributed by atoms with Gasteiger partial charge in [-0.3, -0.25) is 14.8 Å². The third-order valence-electron chi connectivity index (χ3n) is 6.00. The van der Waals surface area contributed by atoms with Crippen molar-refractivity contribution in [1.82, 2.24) is 0 Å². The number of carboxylic acids is 1. The number of carbonyl (C=O) groups excluding carboxylic acids is 1. The molecule has 0 spiro atoms. The van der Waals surface area contributed by atoms with E-state index >= 15 is 0 Å². The number of aliphatic hydroxyl groups is 1. The molecule has 2 saturated carbocycles. The van der Waals surface area contributed by atoms with Crippen molar-refractivity contribution in [3.63, 3.8) is 0 Å². The van der Waals surface area contributed by atoms with Gasteiger partial charge >= 0.3 is 11.9 Å². The van der Waals surface area contributed by atoms with Crippen molar-refractivity contribution in [3.8, 4) is 0 Å². The standard InChI is InChI=1S/C19H33NO11/c20-31-30-15-4-5-16(18(22)23)17(9-15)19(24)26-6-1-7-28-29-11-13-8-14(21)3-2-12(13)10-27-25/h12-17,21,25H,1-11,20H2,(H,22,23). The van der Waals surface area contributed by atoms with Gasteiger partial charge < -0.3 is 14.9 Å². The van der Waals surface area contributed by atoms with E-state index in [0.717, 1.165) is 6.42 Å². The number of aliphatic hydroxyl groups excluding tert-OH is 1. The van der Waals surface area contributed by atoms with Gasteiger partial charge in [-0.15, -0.1) is 4.99 Å². The summed E-state index contributed by atoms with van der Waals surface area (Å²) in [7, 11) is 0. The Morgan fingerprint density at radius 3 is 2.45 bits per heavy atom. The van der Waals surface area contributed by atoms with Crippen molar-refractivity contribution in [1.29, 1.82) is 0 Å². The summed E-state index contributed by atoms with van der Waals surface area (Å²) >= 11 is 0. The van der Waals surface area contributed by atoms with E-state index < -0.39 is 36.0 Å². The molecule has 180 valence electrons. The summed E-state index contributed by atoms with van der Waals surface area (Å²) in [6, 6.07) is 0. The third kappa shape index (κ3) is 8.58. The molecule has 2 fully saturated rings. The van der Waals surface area contributed by atoms with Gasteiger partial charge in [0.05, 0.1) is 50.5 Å². The molecular formula is C19H33NO11. The largest absolute Gasteiger partial charge is 0.481 e. The van der Waals surface area contributed by atoms with Gasteiger partial charge in [0, 0.05) is 6.42 Å². The summed E-state index contributed by atoms with van der Waals surface area (Å²) in [5.41, 5.74) is 0. The summed E-state index contributed by atoms with van der Waals surface area (Å²) in [4.78, 5) is 47.3. The predicted octanol–water partition coefficient (Wildman–Crippen LogP) is 0.826. The molecule has 0 aromatic heterocycles. The maximum atomic E-state index is 12.3. The topological polar surface area (TPSA) is 176 Å². The molecule has 31 heavy (non-hydrogen) atoms. The predicted molar refractivity (Wildman–Crippen MR) is 102 cm³/mol. The first-order valence-electron chi connectivity index (χ1n) is 10.6. The van der Waals surface area contributed by atoms with Crippen LogP contribution in [-0.2, 0) is 38.9 Å². The lowest BCUT2D eigenvalue weighted by Gasteiger charge is -2.32. The molecule has 6 unspecified atom stereocenters. The fraction of sp³-hybridized carbons (Fsp3) is 0.895. The van der Waals surface area contributed by atoms with Crippen LogP contribution in [0.15, 0.2) is 0 Å². The molecule has 6 atom stereocenters. The summed E-state index contributed by atoms with van der Waals surface area (Å²) in [6.07, 6.45) is 2.26. The fourth-order valence-electron chi connectivity index (χ4n) is 4.27. The molecule has 0 amide bonds. The number of carboxylic acid groups (broad SMARTS) is 1. The lowest BCUT2D eigenvalue weighted by atomic mass is 9.78. The van der Waals surface area contributed by atoms with Crippen molar-refractivity contribution >= 4 is 11.9 Å². The van der Waals surface area contributed by atoms with Gasteiger partial charge in [0.25, 0.3) is 0 Å². The molecule has 2 aliphatic rings. The van der Waals surface area contributed by atoms with E-state index in [-0.39, 0.29) is 51.1 Å². The zero-order chi connectivity index (χ0) is 22.6. The van der Waals surface area contributed by atoms with Crippen molar-refractivity contribution in [2.75, 3.05) is 26.4 Å². The number of ether oxygens (including phenoxy) is 1. The fourth-order valence-corrected chi connectivity index (χ4v) is 4.27. The minimum atomic E-state index is -1.05. The highest BCUT2D eigenvalue weighted by Crippen LogP contribution is 2.33. The first-order chi connectivity index (χ1) is 15.0. The molecule has 12 heteroatoms. The smallest absolute Gasteiger partial charge is 0.309 e. The highest BCUT2D eigenvalue weighted by Gasteiger charge is 2.41. The first-order valence-corrected chi connectivity index (χ1v) is 10.6. The summed E-state index contributed by atoms with van der Waals surface area (Å²) < 4.78 is 5.21. The highest BCUT2D eigenvalue weighted by molar-refractivity contribution is 5.81. The van der Waals surface area contributed by atoms with Gasteiger partial charge in [-0.1, -0.05) is 0 Å². The summed E-state index contributed by atoms with van der Waals surface area (Å²) in [5, 5.41) is 27.8. The average Bonchev–Trinajstić information content (AvgIpc) is 2.74. The van der Waals surface area contributed by atoms with Crippen molar-refractivity contribution in [2.45, 2.75) is 57.2 Å². The van der Waals surface area contributed by atoms with E-state index in [1.54, 1.807) is 0 Å². The van der Waals surface area contributed by atoms with Gasteiger partial charge in [0.1, 0.15) is 0 Å². The Kier molecular flexibility index (Phi) is 11.6. The van der Waals surface area contributed by atoms with Crippen molar-refractivity contribution in [3.05, 3.63) is 0 Å². The lowest BCUT2D eigenvalue weighted by molar-refractivity contribution is -0.336. The number of hydrogen-bond donors (Lipinski definition) is 4. The van der Waals surface area contributed by atoms with Crippen LogP contribution in [-0.4, -0.2) is 66.0 Å². The number of nitrogens with two attached hydrogens (primary N) is 1. The molecule has 2 rings (SSSR count). The van der Waals surface area contributed by atoms with Crippen LogP contribution in [0.2, 0.25) is 0 Å². The van der Waals surface area contributed by atoms with Crippen LogP contribution in [0.4, 0.5) is 0 Å². The second-order valence-electron chi connectivity index (χ2n) is 8.09. The second-order valence-corrected chi connectivity index (χ2v) is 8.09. The Hall–Kier alpha value is -1.38. The van der Waals surface area contributed by atoms with Gasteiger partial charge in [0.2, 0.25) is 0 Å². The van der Waals surface area contributed by atoms with Crippen molar-refractivity contribution < 1.29 is 54.3 Å². The second kappa shape index (κ2) is 13.9. The van der Waals surface area contributed by atoms with Crippen LogP contribution in [0.5, 0.6) is 0 Å². The molecule has 0 radical (unpaired) electrons. The van der Waals surface area contributed by atoms with Gasteiger partial charge in [-0.05, 0) is 50.4 Å². The Morgan fingerprint density at radius 2 is 1.74 bits per heavy atom. The maximum absolute atomic E-state index is 12.3. The van der Waals surface area contributed by atoms with Gasteiger partial charge in [0.15, 0.2) is 0 Å². The molecule has 0 aliphatic heterocycles. The Balaban J connectivity index is 1.63. The number of aliphatic carboxylic acids is 1. The SMILES string of the molecule is NOOC1CCC(C(=O)O)C(C(=O)OCCCOOCC2CC(O)CCC2COO)C1. The van der Waals surface area contributed by atoms with Gasteiger partial charge in [-0.2, -0.15) is 5.90 Å². The van der Waals surface area contributed by atoms with Gasteiger partial charge in [-0.25, -0.2) is 19.6 Å². The molecule has 12 nitrogen and oxygen atoms in total. The molecular weight excluding hydrogens is 418 g/mol. The lowest BCUT2D eigenvalue weighted by Crippen LogP contribution is -2.39. The molecule has 0 bridgehead atoms. The van der Waals surface area contributed by atoms with E-state index in [1.807, 2.05) is 0 Å². The average molecular weight is 451 g/mol. The van der Waals surface area contributed by atoms with Crippen LogP contribution < -0.4 is 5.90 Å². The van der Waals surface area contributed by atoms with E-state index in [4.69, 9.17) is 30.6 Å². The molecule has 0 aromatic carbocycles. The van der Waals surface area contributed by atoms with Crippen molar-refractivity contribution in [2.24, 2.45) is 29.6 Å². The normalized spacial score (nSPS) is 31.3. The minimum absolute atomic E-state index is 0.000599. The summed E-state index contributed by atoms with van der Waals surface area (Å²) in [5.74, 6) is 1.61. The number of carbonyl (C=O) groups is 2. The van der Waals surface area contributed by atoms with Crippen LogP contribution >= 0.6 is 0 Å². The van der Waals surface area contributed by atoms with E-state index in [1.165, 1.54) is 0 Å². The molecule has 0 saturated heterocycles. The van der Waals surface area contributed by atoms with Crippen LogP contribution in [0, 0.1) is 23.7 Å². The zero-order valence-electron chi connectivity index (χ0n) is 17.4. The highest BCUT2D eigenvalue weighted by atomic mass is 17.3. The quantitative estimate of drug-likeness (QED) is 0.134. The van der Waals surface area contributed by atoms with Crippen LogP contribution in [0.25, 0.3) is 0 Å². The molecule has 0 heterocycles. The van der Waals surface area contributed by atoms with E-state index in [0.29, 0.717) is 25.7 Å². The Bertz CT molecular complexity index is 549. The minimum Gasteiger partial charge on any atom is -0.481 e. The Morgan fingerprint density at radius 1 is 0.935 bits per heavy atom. The van der Waals surface area contributed by atoms with Crippen LogP contribution in [0.3, 0.4) is 0 Å². The summed E-state index contributed by atoms with van der Waals surface area (Å²) in [6.45, 7) is 0.646. The monoisotopic (exact) mass is 451 g/mol. The number of hydrogen-bond acceptors (Lipinski definition) is 11. The molecule has 0 aromatic rings. The van der Waals surface area contributed by atoms with Crippen LogP contribution in [0.1, 0.15) is 44.9 Å². The van der Waals surface area contributed by atoms with E-state index in [9.17, 15) is 19.8 Å². The maximum Gasteiger partial charge on any atom is 0.309 e. The molecule has 5 N–H and O–H groups in total. The Labute approximate surface area is 180 Å². The first kappa shape index (κ1) is 25.9.